The molecule has 0 amide bonds. The average molecular weight is 396 g/mol. The largest absolute Gasteiger partial charge is 0.461 e. The monoisotopic (exact) mass is 396 g/mol. The second kappa shape index (κ2) is 8.84. The minimum Gasteiger partial charge on any atom is -0.461 e. The highest BCUT2D eigenvalue weighted by molar-refractivity contribution is 6.06. The van der Waals surface area contributed by atoms with Crippen LogP contribution in [0.15, 0.2) is 22.8 Å². The van der Waals surface area contributed by atoms with Gasteiger partial charge in [0.2, 0.25) is 5.78 Å². The second-order valence-corrected chi connectivity index (χ2v) is 7.91. The third-order valence-electron chi connectivity index (χ3n) is 5.75. The van der Waals surface area contributed by atoms with E-state index in [9.17, 15) is 24.9 Å². The van der Waals surface area contributed by atoms with Crippen molar-refractivity contribution >= 4 is 11.6 Å². The van der Waals surface area contributed by atoms with Gasteiger partial charge in [-0.2, -0.15) is 0 Å². The highest BCUT2D eigenvalue weighted by Gasteiger charge is 2.48. The smallest absolute Gasteiger partial charge is 0.205 e. The molecule has 3 heterocycles. The Hall–Kier alpha value is -1.58. The molecule has 2 aliphatic heterocycles. The molecule has 1 aromatic heterocycles. The maximum absolute atomic E-state index is 12.2. The fraction of sp³-hybridized carbons (Fsp3) is 0.700. The number of ketones is 2. The Labute approximate surface area is 163 Å². The molecule has 1 aromatic rings. The molecule has 0 saturated carbocycles. The molecule has 0 bridgehead atoms. The average Bonchev–Trinajstić information content (AvgIpc) is 3.17. The van der Waals surface area contributed by atoms with Gasteiger partial charge in [0.05, 0.1) is 49.8 Å². The van der Waals surface area contributed by atoms with Crippen LogP contribution in [0, 0.1) is 11.8 Å². The summed E-state index contributed by atoms with van der Waals surface area (Å²) >= 11 is 0. The zero-order valence-corrected chi connectivity index (χ0v) is 16.1. The van der Waals surface area contributed by atoms with Crippen LogP contribution in [0.2, 0.25) is 0 Å². The lowest BCUT2D eigenvalue weighted by Crippen LogP contribution is -2.51. The Bertz CT molecular complexity index is 670. The van der Waals surface area contributed by atoms with Gasteiger partial charge in [-0.25, -0.2) is 0 Å². The fourth-order valence-corrected chi connectivity index (χ4v) is 3.71. The number of rotatable bonds is 9. The summed E-state index contributed by atoms with van der Waals surface area (Å²) < 4.78 is 16.2. The van der Waals surface area contributed by atoms with Gasteiger partial charge in [-0.05, 0) is 19.1 Å². The van der Waals surface area contributed by atoms with Crippen molar-refractivity contribution in [2.24, 2.45) is 11.8 Å². The molecule has 28 heavy (non-hydrogen) atoms. The van der Waals surface area contributed by atoms with Gasteiger partial charge in [0.15, 0.2) is 5.76 Å². The number of ether oxygens (including phenoxy) is 2. The normalized spacial score (nSPS) is 34.6. The number of Topliss-reactive ketones (excluding diaryl/α,β-unsaturated/α-hetero) is 2. The summed E-state index contributed by atoms with van der Waals surface area (Å²) in [5, 5.41) is 30.4. The quantitative estimate of drug-likeness (QED) is 0.316. The lowest BCUT2D eigenvalue weighted by molar-refractivity contribution is -0.170. The highest BCUT2D eigenvalue weighted by Crippen LogP contribution is 2.37. The van der Waals surface area contributed by atoms with E-state index in [1.54, 1.807) is 13.0 Å². The first-order valence-electron chi connectivity index (χ1n) is 9.67. The maximum Gasteiger partial charge on any atom is 0.205 e. The molecular weight excluding hydrogens is 368 g/mol. The zero-order valence-electron chi connectivity index (χ0n) is 16.1. The van der Waals surface area contributed by atoms with E-state index in [0.29, 0.717) is 6.42 Å². The molecule has 0 radical (unpaired) electrons. The van der Waals surface area contributed by atoms with E-state index in [0.717, 1.165) is 0 Å². The van der Waals surface area contributed by atoms with Gasteiger partial charge < -0.3 is 29.2 Å². The topological polar surface area (TPSA) is 130 Å². The fourth-order valence-electron chi connectivity index (χ4n) is 3.71. The third-order valence-corrected chi connectivity index (χ3v) is 5.75. The van der Waals surface area contributed by atoms with Crippen molar-refractivity contribution in [3.8, 4) is 0 Å². The van der Waals surface area contributed by atoms with Gasteiger partial charge >= 0.3 is 0 Å². The Morgan fingerprint density at radius 1 is 1.21 bits per heavy atom. The van der Waals surface area contributed by atoms with E-state index in [1.165, 1.54) is 12.3 Å². The van der Waals surface area contributed by atoms with Crippen molar-refractivity contribution in [2.45, 2.75) is 69.7 Å². The molecule has 2 fully saturated rings. The number of furan rings is 1. The number of epoxide rings is 1. The van der Waals surface area contributed by atoms with Gasteiger partial charge in [0.25, 0.3) is 0 Å². The van der Waals surface area contributed by atoms with E-state index in [1.807, 2.05) is 6.92 Å². The number of aliphatic hydroxyl groups excluding tert-OH is 3. The molecule has 3 N–H and O–H groups in total. The molecule has 0 spiro atoms. The van der Waals surface area contributed by atoms with Crippen LogP contribution in [0.1, 0.15) is 43.7 Å². The van der Waals surface area contributed by atoms with Gasteiger partial charge in [0.1, 0.15) is 11.9 Å². The number of carbonyl (C=O) groups excluding carboxylic acids is 2. The van der Waals surface area contributed by atoms with Crippen molar-refractivity contribution in [1.82, 2.24) is 0 Å². The number of aliphatic hydroxyl groups is 3. The molecule has 3 rings (SSSR count). The number of carbonyl (C=O) groups is 2. The molecule has 0 unspecified atom stereocenters. The van der Waals surface area contributed by atoms with Crippen molar-refractivity contribution in [2.75, 3.05) is 6.61 Å². The molecular formula is C20H28O8. The Kier molecular flexibility index (Phi) is 6.67. The number of hydrogen-bond donors (Lipinski definition) is 3. The zero-order chi connectivity index (χ0) is 20.4. The van der Waals surface area contributed by atoms with Crippen molar-refractivity contribution in [3.63, 3.8) is 0 Å². The van der Waals surface area contributed by atoms with Crippen LogP contribution in [0.4, 0.5) is 0 Å². The first kappa shape index (κ1) is 21.1. The third kappa shape index (κ3) is 4.87. The summed E-state index contributed by atoms with van der Waals surface area (Å²) in [6.07, 6.45) is -2.14. The van der Waals surface area contributed by atoms with Crippen LogP contribution in [-0.2, 0) is 14.3 Å². The summed E-state index contributed by atoms with van der Waals surface area (Å²) in [6.45, 7) is 3.72. The second-order valence-electron chi connectivity index (χ2n) is 7.91. The molecule has 8 heteroatoms. The lowest BCUT2D eigenvalue weighted by Gasteiger charge is -2.37. The predicted molar refractivity (Wildman–Crippen MR) is 96.6 cm³/mol. The molecule has 0 aliphatic carbocycles. The predicted octanol–water partition coefficient (Wildman–Crippen LogP) is 0.723. The van der Waals surface area contributed by atoms with Crippen LogP contribution in [0.3, 0.4) is 0 Å². The molecule has 2 aliphatic rings. The Morgan fingerprint density at radius 3 is 2.61 bits per heavy atom. The molecule has 2 saturated heterocycles. The Balaban J connectivity index is 1.46. The standard InChI is InChI=1S/C20H28O8/c1-10(11(2)21)20-17(28-20)8-16-19(25)18(24)12(9-27-16)6-13(22)7-14(23)15-4-3-5-26-15/h3-5,10-12,16-21,24-25H,6-9H2,1-2H3/t10-,11-,12-,16-,17-,18+,19-,20-/m0/s1. The highest BCUT2D eigenvalue weighted by atomic mass is 16.6. The van der Waals surface area contributed by atoms with Gasteiger partial charge in [-0.1, -0.05) is 6.92 Å². The first-order chi connectivity index (χ1) is 13.3. The minimum atomic E-state index is -1.14. The molecule has 8 atom stereocenters. The van der Waals surface area contributed by atoms with Crippen molar-refractivity contribution < 1.29 is 38.8 Å². The van der Waals surface area contributed by atoms with Crippen LogP contribution in [0.5, 0.6) is 0 Å². The maximum atomic E-state index is 12.2. The number of hydrogen-bond acceptors (Lipinski definition) is 8. The van der Waals surface area contributed by atoms with E-state index in [-0.39, 0.29) is 49.1 Å². The van der Waals surface area contributed by atoms with Crippen LogP contribution < -0.4 is 0 Å². The summed E-state index contributed by atoms with van der Waals surface area (Å²) in [7, 11) is 0. The Morgan fingerprint density at radius 2 is 1.96 bits per heavy atom. The van der Waals surface area contributed by atoms with E-state index < -0.39 is 36.1 Å². The minimum absolute atomic E-state index is 0.0206. The van der Waals surface area contributed by atoms with Crippen LogP contribution >= 0.6 is 0 Å². The SMILES string of the molecule is C[C@H]([C@@H]1O[C@H]1C[C@@H]1OC[C@H](CC(=O)CC(=O)c2ccco2)[C@@H](O)[C@H]1O)[C@H](C)O. The van der Waals surface area contributed by atoms with Gasteiger partial charge in [-0.3, -0.25) is 9.59 Å². The van der Waals surface area contributed by atoms with E-state index in [4.69, 9.17) is 13.9 Å². The van der Waals surface area contributed by atoms with Crippen molar-refractivity contribution in [1.29, 1.82) is 0 Å². The van der Waals surface area contributed by atoms with Gasteiger partial charge in [0, 0.05) is 24.7 Å². The van der Waals surface area contributed by atoms with Crippen LogP contribution in [-0.4, -0.2) is 70.1 Å². The molecule has 0 aromatic carbocycles. The molecule has 8 nitrogen and oxygen atoms in total. The first-order valence-corrected chi connectivity index (χ1v) is 9.67. The van der Waals surface area contributed by atoms with Crippen molar-refractivity contribution in [3.05, 3.63) is 24.2 Å². The summed E-state index contributed by atoms with van der Waals surface area (Å²) in [6, 6.07) is 3.07. The lowest BCUT2D eigenvalue weighted by atomic mass is 9.86. The van der Waals surface area contributed by atoms with Crippen LogP contribution in [0.25, 0.3) is 0 Å². The van der Waals surface area contributed by atoms with Gasteiger partial charge in [-0.15, -0.1) is 0 Å². The summed E-state index contributed by atoms with van der Waals surface area (Å²) in [4.78, 5) is 24.1. The summed E-state index contributed by atoms with van der Waals surface area (Å²) in [5.41, 5.74) is 0. The molecule has 156 valence electrons. The van der Waals surface area contributed by atoms with E-state index in [2.05, 4.69) is 0 Å². The van der Waals surface area contributed by atoms with E-state index >= 15 is 0 Å². The summed E-state index contributed by atoms with van der Waals surface area (Å²) in [5.74, 6) is -1.22.